The standard InChI is InChI=1S/C21H21BrN2O5S/c1-2-11-29-20-10-5-15(13-19(20)22)21(25)24-16-6-8-18(9-7-16)30(26,27)23-14-17-4-3-12-28-17/h3-10,12-13,23H,2,11,14H2,1H3,(H,24,25). The summed E-state index contributed by atoms with van der Waals surface area (Å²) < 4.78 is 38.6. The zero-order chi connectivity index (χ0) is 21.6. The number of hydrogen-bond donors (Lipinski definition) is 2. The first-order chi connectivity index (χ1) is 14.4. The lowest BCUT2D eigenvalue weighted by Gasteiger charge is -2.10. The van der Waals surface area contributed by atoms with Crippen LogP contribution in [0, 0.1) is 0 Å². The molecule has 2 N–H and O–H groups in total. The predicted molar refractivity (Wildman–Crippen MR) is 117 cm³/mol. The van der Waals surface area contributed by atoms with Crippen LogP contribution in [0.15, 0.2) is 74.6 Å². The van der Waals surface area contributed by atoms with Gasteiger partial charge in [-0.2, -0.15) is 0 Å². The minimum absolute atomic E-state index is 0.0562. The van der Waals surface area contributed by atoms with Gasteiger partial charge in [-0.25, -0.2) is 13.1 Å². The highest BCUT2D eigenvalue weighted by molar-refractivity contribution is 9.10. The molecule has 0 aliphatic rings. The second-order valence-electron chi connectivity index (χ2n) is 6.38. The van der Waals surface area contributed by atoms with E-state index >= 15 is 0 Å². The molecule has 0 bridgehead atoms. The Bertz CT molecular complexity index is 1100. The maximum atomic E-state index is 12.5. The van der Waals surface area contributed by atoms with Gasteiger partial charge in [-0.15, -0.1) is 0 Å². The van der Waals surface area contributed by atoms with Crippen molar-refractivity contribution in [1.29, 1.82) is 0 Å². The first-order valence-corrected chi connectivity index (χ1v) is 11.5. The van der Waals surface area contributed by atoms with Crippen LogP contribution >= 0.6 is 15.9 Å². The molecule has 3 rings (SSSR count). The number of ether oxygens (including phenoxy) is 1. The number of rotatable bonds is 9. The molecular weight excluding hydrogens is 472 g/mol. The van der Waals surface area contributed by atoms with Gasteiger partial charge in [0, 0.05) is 11.3 Å². The van der Waals surface area contributed by atoms with Gasteiger partial charge in [-0.1, -0.05) is 6.92 Å². The fourth-order valence-corrected chi connectivity index (χ4v) is 4.04. The van der Waals surface area contributed by atoms with Crippen LogP contribution in [0.25, 0.3) is 0 Å². The summed E-state index contributed by atoms with van der Waals surface area (Å²) in [6, 6.07) is 14.4. The average Bonchev–Trinajstić information content (AvgIpc) is 3.25. The van der Waals surface area contributed by atoms with Crippen LogP contribution in [-0.2, 0) is 16.6 Å². The minimum Gasteiger partial charge on any atom is -0.492 e. The van der Waals surface area contributed by atoms with Crippen LogP contribution in [0.1, 0.15) is 29.5 Å². The van der Waals surface area contributed by atoms with Gasteiger partial charge < -0.3 is 14.5 Å². The number of carbonyl (C=O) groups is 1. The van der Waals surface area contributed by atoms with E-state index in [1.54, 1.807) is 30.3 Å². The van der Waals surface area contributed by atoms with Crippen molar-refractivity contribution < 1.29 is 22.4 Å². The number of nitrogens with one attached hydrogen (secondary N) is 2. The molecule has 9 heteroatoms. The molecule has 158 valence electrons. The van der Waals surface area contributed by atoms with Crippen LogP contribution in [0.2, 0.25) is 0 Å². The SMILES string of the molecule is CCCOc1ccc(C(=O)Nc2ccc(S(=O)(=O)NCc3ccco3)cc2)cc1Br. The van der Waals surface area contributed by atoms with Crippen molar-refractivity contribution in [2.24, 2.45) is 0 Å². The molecule has 0 aliphatic heterocycles. The normalized spacial score (nSPS) is 11.3. The second-order valence-corrected chi connectivity index (χ2v) is 9.00. The van der Waals surface area contributed by atoms with Gasteiger partial charge in [0.15, 0.2) is 0 Å². The van der Waals surface area contributed by atoms with E-state index in [1.165, 1.54) is 30.5 Å². The van der Waals surface area contributed by atoms with Gasteiger partial charge >= 0.3 is 0 Å². The summed E-state index contributed by atoms with van der Waals surface area (Å²) in [6.07, 6.45) is 2.37. The lowest BCUT2D eigenvalue weighted by molar-refractivity contribution is 0.102. The number of amides is 1. The maximum Gasteiger partial charge on any atom is 0.255 e. The molecule has 1 aromatic heterocycles. The Hall–Kier alpha value is -2.62. The van der Waals surface area contributed by atoms with E-state index in [4.69, 9.17) is 9.15 Å². The molecule has 1 amide bonds. The first-order valence-electron chi connectivity index (χ1n) is 9.25. The molecule has 0 saturated carbocycles. The van der Waals surface area contributed by atoms with Crippen molar-refractivity contribution in [2.75, 3.05) is 11.9 Å². The van der Waals surface area contributed by atoms with Crippen molar-refractivity contribution in [3.05, 3.63) is 76.7 Å². The predicted octanol–water partition coefficient (Wildman–Crippen LogP) is 4.56. The summed E-state index contributed by atoms with van der Waals surface area (Å²) in [5, 5.41) is 2.75. The largest absolute Gasteiger partial charge is 0.492 e. The van der Waals surface area contributed by atoms with E-state index in [-0.39, 0.29) is 17.3 Å². The summed E-state index contributed by atoms with van der Waals surface area (Å²) in [5.41, 5.74) is 0.926. The summed E-state index contributed by atoms with van der Waals surface area (Å²) in [7, 11) is -3.69. The quantitative estimate of drug-likeness (QED) is 0.456. The maximum absolute atomic E-state index is 12.5. The van der Waals surface area contributed by atoms with Crippen LogP contribution in [0.4, 0.5) is 5.69 Å². The number of furan rings is 1. The summed E-state index contributed by atoms with van der Waals surface area (Å²) >= 11 is 3.41. The van der Waals surface area contributed by atoms with Crippen LogP contribution < -0.4 is 14.8 Å². The summed E-state index contributed by atoms with van der Waals surface area (Å²) in [4.78, 5) is 12.6. The van der Waals surface area contributed by atoms with Crippen molar-refractivity contribution >= 4 is 37.5 Å². The van der Waals surface area contributed by atoms with E-state index < -0.39 is 10.0 Å². The number of carbonyl (C=O) groups excluding carboxylic acids is 1. The lowest BCUT2D eigenvalue weighted by Crippen LogP contribution is -2.23. The molecule has 30 heavy (non-hydrogen) atoms. The first kappa shape index (κ1) is 22.1. The molecule has 0 aliphatic carbocycles. The summed E-state index contributed by atoms with van der Waals surface area (Å²) in [6.45, 7) is 2.66. The lowest BCUT2D eigenvalue weighted by atomic mass is 10.2. The second kappa shape index (κ2) is 9.92. The Morgan fingerprint density at radius 3 is 2.53 bits per heavy atom. The highest BCUT2D eigenvalue weighted by Gasteiger charge is 2.15. The van der Waals surface area contributed by atoms with E-state index in [0.29, 0.717) is 33.8 Å². The Morgan fingerprint density at radius 1 is 1.13 bits per heavy atom. The molecular formula is C21H21BrN2O5S. The molecule has 0 radical (unpaired) electrons. The fourth-order valence-electron chi connectivity index (χ4n) is 2.55. The zero-order valence-corrected chi connectivity index (χ0v) is 18.6. The van der Waals surface area contributed by atoms with Gasteiger partial charge in [-0.3, -0.25) is 4.79 Å². The molecule has 0 spiro atoms. The van der Waals surface area contributed by atoms with E-state index in [0.717, 1.165) is 6.42 Å². The number of halogens is 1. The molecule has 1 heterocycles. The molecule has 3 aromatic rings. The van der Waals surface area contributed by atoms with Crippen molar-refractivity contribution in [3.63, 3.8) is 0 Å². The molecule has 0 saturated heterocycles. The summed E-state index contributed by atoms with van der Waals surface area (Å²) in [5.74, 6) is 0.869. The zero-order valence-electron chi connectivity index (χ0n) is 16.2. The minimum atomic E-state index is -3.69. The Balaban J connectivity index is 1.63. The topological polar surface area (TPSA) is 97.6 Å². The van der Waals surface area contributed by atoms with Gasteiger partial charge in [-0.05, 0) is 76.9 Å². The van der Waals surface area contributed by atoms with E-state index in [1.807, 2.05) is 6.92 Å². The molecule has 7 nitrogen and oxygen atoms in total. The molecule has 0 atom stereocenters. The van der Waals surface area contributed by atoms with E-state index in [9.17, 15) is 13.2 Å². The van der Waals surface area contributed by atoms with E-state index in [2.05, 4.69) is 26.0 Å². The number of anilines is 1. The van der Waals surface area contributed by atoms with Crippen molar-refractivity contribution in [2.45, 2.75) is 24.8 Å². The van der Waals surface area contributed by atoms with Gasteiger partial charge in [0.25, 0.3) is 5.91 Å². The molecule has 0 fully saturated rings. The average molecular weight is 493 g/mol. The number of hydrogen-bond acceptors (Lipinski definition) is 5. The third-order valence-electron chi connectivity index (χ3n) is 4.09. The smallest absolute Gasteiger partial charge is 0.255 e. The molecule has 2 aromatic carbocycles. The van der Waals surface area contributed by atoms with Gasteiger partial charge in [0.2, 0.25) is 10.0 Å². The van der Waals surface area contributed by atoms with Gasteiger partial charge in [0.1, 0.15) is 11.5 Å². The Morgan fingerprint density at radius 2 is 1.90 bits per heavy atom. The third-order valence-corrected chi connectivity index (χ3v) is 6.13. The monoisotopic (exact) mass is 492 g/mol. The Kier molecular flexibility index (Phi) is 7.30. The fraction of sp³-hybridized carbons (Fsp3) is 0.190. The Labute approximate surface area is 183 Å². The van der Waals surface area contributed by atoms with Gasteiger partial charge in [0.05, 0.1) is 28.8 Å². The third kappa shape index (κ3) is 5.71. The van der Waals surface area contributed by atoms with Crippen molar-refractivity contribution in [3.8, 4) is 5.75 Å². The van der Waals surface area contributed by atoms with Crippen LogP contribution in [-0.4, -0.2) is 20.9 Å². The number of benzene rings is 2. The highest BCUT2D eigenvalue weighted by Crippen LogP contribution is 2.26. The highest BCUT2D eigenvalue weighted by atomic mass is 79.9. The van der Waals surface area contributed by atoms with Crippen LogP contribution in [0.5, 0.6) is 5.75 Å². The number of sulfonamides is 1. The molecule has 0 unspecified atom stereocenters. The van der Waals surface area contributed by atoms with Crippen molar-refractivity contribution in [1.82, 2.24) is 4.72 Å². The van der Waals surface area contributed by atoms with Crippen LogP contribution in [0.3, 0.4) is 0 Å².